The molecule has 6 nitrogen and oxygen atoms in total. The molecule has 3 rings (SSSR count). The monoisotopic (exact) mass is 307 g/mol. The highest BCUT2D eigenvalue weighted by Gasteiger charge is 2.14. The molecule has 0 saturated heterocycles. The van der Waals surface area contributed by atoms with Gasteiger partial charge >= 0.3 is 0 Å². The van der Waals surface area contributed by atoms with E-state index in [2.05, 4.69) is 15.3 Å². The van der Waals surface area contributed by atoms with Crippen LogP contribution in [0.2, 0.25) is 0 Å². The second-order valence-electron chi connectivity index (χ2n) is 5.08. The second kappa shape index (κ2) is 5.92. The van der Waals surface area contributed by atoms with E-state index in [1.54, 1.807) is 19.3 Å². The fourth-order valence-electron chi connectivity index (χ4n) is 2.51. The predicted molar refractivity (Wildman–Crippen MR) is 90.8 cm³/mol. The van der Waals surface area contributed by atoms with Gasteiger partial charge in [-0.05, 0) is 25.1 Å². The summed E-state index contributed by atoms with van der Waals surface area (Å²) in [6.07, 6.45) is 3.62. The maximum Gasteiger partial charge on any atom is 0.282 e. The highest BCUT2D eigenvalue weighted by Crippen LogP contribution is 2.24. The first-order valence-electron chi connectivity index (χ1n) is 7.20. The van der Waals surface area contributed by atoms with Crippen LogP contribution in [0.1, 0.15) is 16.1 Å². The quantitative estimate of drug-likeness (QED) is 0.560. The number of nitrogens with zero attached hydrogens (tertiary/aromatic N) is 3. The Hall–Kier alpha value is -3.15. The molecular formula is C17H17N5O. The molecule has 0 aliphatic rings. The van der Waals surface area contributed by atoms with Crippen LogP contribution in [0.25, 0.3) is 16.6 Å². The summed E-state index contributed by atoms with van der Waals surface area (Å²) in [4.78, 5) is 20.4. The average Bonchev–Trinajstić information content (AvgIpc) is 2.95. The Kier molecular flexibility index (Phi) is 3.80. The normalized spacial score (nSPS) is 11.7. The summed E-state index contributed by atoms with van der Waals surface area (Å²) in [6, 6.07) is 11.6. The molecule has 116 valence electrons. The van der Waals surface area contributed by atoms with Crippen molar-refractivity contribution in [3.63, 3.8) is 0 Å². The van der Waals surface area contributed by atoms with Crippen LogP contribution < -0.4 is 11.1 Å². The van der Waals surface area contributed by atoms with Gasteiger partial charge in [0.25, 0.3) is 5.91 Å². The number of fused-ring (bicyclic) bond motifs is 1. The maximum absolute atomic E-state index is 12.2. The molecule has 2 heterocycles. The summed E-state index contributed by atoms with van der Waals surface area (Å²) in [5.41, 5.74) is 8.75. The Morgan fingerprint density at radius 2 is 2.04 bits per heavy atom. The number of carbonyl (C=O) groups is 1. The highest BCUT2D eigenvalue weighted by atomic mass is 16.1. The van der Waals surface area contributed by atoms with Gasteiger partial charge in [0.15, 0.2) is 5.96 Å². The Morgan fingerprint density at radius 3 is 2.83 bits per heavy atom. The Labute approximate surface area is 133 Å². The smallest absolute Gasteiger partial charge is 0.282 e. The molecule has 3 aromatic rings. The number of amides is 1. The van der Waals surface area contributed by atoms with Crippen LogP contribution in [0.15, 0.2) is 53.8 Å². The summed E-state index contributed by atoms with van der Waals surface area (Å²) < 4.78 is 1.96. The van der Waals surface area contributed by atoms with Crippen LogP contribution in [0, 0.1) is 6.92 Å². The molecule has 3 N–H and O–H groups in total. The van der Waals surface area contributed by atoms with Gasteiger partial charge in [-0.25, -0.2) is 0 Å². The first-order chi connectivity index (χ1) is 11.1. The van der Waals surface area contributed by atoms with Crippen LogP contribution in [0.4, 0.5) is 0 Å². The van der Waals surface area contributed by atoms with Crippen molar-refractivity contribution < 1.29 is 4.79 Å². The molecule has 0 atom stereocenters. The Bertz CT molecular complexity index is 905. The van der Waals surface area contributed by atoms with Gasteiger partial charge in [0, 0.05) is 30.5 Å². The van der Waals surface area contributed by atoms with E-state index < -0.39 is 0 Å². The van der Waals surface area contributed by atoms with Gasteiger partial charge in [-0.3, -0.25) is 9.78 Å². The summed E-state index contributed by atoms with van der Waals surface area (Å²) in [5, 5.41) is 3.66. The fraction of sp³-hybridized carbons (Fsp3) is 0.118. The third-order valence-electron chi connectivity index (χ3n) is 3.74. The minimum atomic E-state index is -0.369. The van der Waals surface area contributed by atoms with E-state index >= 15 is 0 Å². The number of hydrogen-bond acceptors (Lipinski definition) is 2. The maximum atomic E-state index is 12.2. The van der Waals surface area contributed by atoms with Crippen molar-refractivity contribution >= 4 is 22.8 Å². The molecule has 0 aliphatic carbocycles. The summed E-state index contributed by atoms with van der Waals surface area (Å²) in [5.74, 6) is -0.275. The topological polar surface area (TPSA) is 85.3 Å². The van der Waals surface area contributed by atoms with Gasteiger partial charge in [0.05, 0.1) is 16.8 Å². The van der Waals surface area contributed by atoms with E-state index in [1.807, 2.05) is 48.0 Å². The molecule has 0 saturated carbocycles. The number of carbonyl (C=O) groups excluding carboxylic acids is 1. The zero-order valence-electron chi connectivity index (χ0n) is 12.9. The first kappa shape index (κ1) is 14.8. The Morgan fingerprint density at radius 1 is 1.26 bits per heavy atom. The molecule has 0 radical (unpaired) electrons. The summed E-state index contributed by atoms with van der Waals surface area (Å²) >= 11 is 0. The first-order valence-corrected chi connectivity index (χ1v) is 7.20. The lowest BCUT2D eigenvalue weighted by molar-refractivity contribution is 0.100. The lowest BCUT2D eigenvalue weighted by atomic mass is 10.2. The lowest BCUT2D eigenvalue weighted by Crippen LogP contribution is -2.28. The number of nitrogens with one attached hydrogen (secondary N) is 1. The largest absolute Gasteiger partial charge is 0.370 e. The molecule has 6 heteroatoms. The number of rotatable bonds is 2. The van der Waals surface area contributed by atoms with Crippen molar-refractivity contribution in [2.45, 2.75) is 6.92 Å². The van der Waals surface area contributed by atoms with Gasteiger partial charge < -0.3 is 15.6 Å². The minimum absolute atomic E-state index is 0.0940. The van der Waals surface area contributed by atoms with E-state index in [9.17, 15) is 4.79 Å². The number of pyridine rings is 1. The standard InChI is InChI=1S/C17H17N5O/c1-11-12(16(23)21-17(18)19-2)8-10-22(11)15-7-9-20-14-6-4-3-5-13(14)15/h3-10H,1-2H3,(H3,18,19,21,23). The molecule has 1 amide bonds. The van der Waals surface area contributed by atoms with Crippen molar-refractivity contribution in [2.24, 2.45) is 10.7 Å². The van der Waals surface area contributed by atoms with Crippen LogP contribution in [0.5, 0.6) is 0 Å². The van der Waals surface area contributed by atoms with Gasteiger partial charge in [0.1, 0.15) is 0 Å². The lowest BCUT2D eigenvalue weighted by Gasteiger charge is -2.10. The number of hydrogen-bond donors (Lipinski definition) is 2. The van der Waals surface area contributed by atoms with Crippen molar-refractivity contribution in [3.8, 4) is 5.69 Å². The number of guanidine groups is 1. The SMILES string of the molecule is CN/C(N)=N\C(=O)c1ccn(-c2ccnc3ccccc23)c1C. The third kappa shape index (κ3) is 2.66. The number of nitrogens with two attached hydrogens (primary N) is 1. The molecule has 0 aliphatic heterocycles. The molecule has 1 aromatic carbocycles. The molecule has 0 bridgehead atoms. The van der Waals surface area contributed by atoms with Gasteiger partial charge in [-0.2, -0.15) is 4.99 Å². The Balaban J connectivity index is 2.10. The van der Waals surface area contributed by atoms with E-state index in [0.717, 1.165) is 22.3 Å². The van der Waals surface area contributed by atoms with Gasteiger partial charge in [-0.15, -0.1) is 0 Å². The number of aromatic nitrogens is 2. The summed E-state index contributed by atoms with van der Waals surface area (Å²) in [7, 11) is 1.62. The molecule has 0 spiro atoms. The molecule has 2 aromatic heterocycles. The molecular weight excluding hydrogens is 290 g/mol. The van der Waals surface area contributed by atoms with Gasteiger partial charge in [-0.1, -0.05) is 18.2 Å². The van der Waals surface area contributed by atoms with E-state index in [1.165, 1.54) is 0 Å². The predicted octanol–water partition coefficient (Wildman–Crippen LogP) is 2.01. The van der Waals surface area contributed by atoms with Crippen molar-refractivity contribution in [3.05, 3.63) is 60.0 Å². The minimum Gasteiger partial charge on any atom is -0.370 e. The van der Waals surface area contributed by atoms with Crippen LogP contribution >= 0.6 is 0 Å². The zero-order chi connectivity index (χ0) is 16.4. The molecule has 0 unspecified atom stereocenters. The average molecular weight is 307 g/mol. The molecule has 23 heavy (non-hydrogen) atoms. The van der Waals surface area contributed by atoms with Gasteiger partial charge in [0.2, 0.25) is 0 Å². The highest BCUT2D eigenvalue weighted by molar-refractivity contribution is 6.03. The number of benzene rings is 1. The van der Waals surface area contributed by atoms with Crippen LogP contribution in [-0.2, 0) is 0 Å². The fourth-order valence-corrected chi connectivity index (χ4v) is 2.51. The second-order valence-corrected chi connectivity index (χ2v) is 5.08. The third-order valence-corrected chi connectivity index (χ3v) is 3.74. The van der Waals surface area contributed by atoms with Crippen molar-refractivity contribution in [1.29, 1.82) is 0 Å². The van der Waals surface area contributed by atoms with Crippen LogP contribution in [0.3, 0.4) is 0 Å². The zero-order valence-corrected chi connectivity index (χ0v) is 12.9. The molecule has 0 fully saturated rings. The van der Waals surface area contributed by atoms with E-state index in [-0.39, 0.29) is 11.9 Å². The number of para-hydroxylation sites is 1. The van der Waals surface area contributed by atoms with Crippen LogP contribution in [-0.4, -0.2) is 28.5 Å². The summed E-state index contributed by atoms with van der Waals surface area (Å²) in [6.45, 7) is 1.88. The van der Waals surface area contributed by atoms with Crippen molar-refractivity contribution in [1.82, 2.24) is 14.9 Å². The van der Waals surface area contributed by atoms with E-state index in [0.29, 0.717) is 5.56 Å². The van der Waals surface area contributed by atoms with Crippen molar-refractivity contribution in [2.75, 3.05) is 7.05 Å². The number of aliphatic imine (C=N–C) groups is 1. The van der Waals surface area contributed by atoms with E-state index in [4.69, 9.17) is 5.73 Å².